The second-order valence-corrected chi connectivity index (χ2v) is 13.2. The lowest BCUT2D eigenvalue weighted by atomic mass is 9.43. The molecule has 2 saturated heterocycles. The third kappa shape index (κ3) is 2.42. The Morgan fingerprint density at radius 2 is 1.86 bits per heavy atom. The van der Waals surface area contributed by atoms with Crippen LogP contribution in [0.4, 0.5) is 5.95 Å². The first-order valence-electron chi connectivity index (χ1n) is 14.0. The molecule has 6 heteroatoms. The Kier molecular flexibility index (Phi) is 3.95. The number of carbonyl (C=O) groups excluding carboxylic acids is 1. The average Bonchev–Trinajstić information content (AvgIpc) is 3.41. The molecule has 2 aromatic rings. The van der Waals surface area contributed by atoms with E-state index in [1.165, 1.54) is 17.5 Å². The first-order valence-corrected chi connectivity index (χ1v) is 14.0. The molecule has 0 radical (unpaired) electrons. The Morgan fingerprint density at radius 1 is 1.08 bits per heavy atom. The molecule has 3 saturated carbocycles. The number of anilines is 1. The third-order valence-electron chi connectivity index (χ3n) is 11.5. The van der Waals surface area contributed by atoms with E-state index in [2.05, 4.69) is 48.8 Å². The van der Waals surface area contributed by atoms with Gasteiger partial charge in [0.1, 0.15) is 5.75 Å². The fraction of sp³-hybridized carbons (Fsp3) is 0.633. The number of rotatable bonds is 2. The number of benzene rings is 1. The molecule has 36 heavy (non-hydrogen) atoms. The highest BCUT2D eigenvalue weighted by atomic mass is 16.3. The van der Waals surface area contributed by atoms with E-state index in [1.807, 2.05) is 6.07 Å². The molecular formula is C30H36N4O2. The molecule has 2 aliphatic heterocycles. The lowest BCUT2D eigenvalue weighted by Gasteiger charge is -2.66. The zero-order valence-electron chi connectivity index (χ0n) is 21.6. The first-order chi connectivity index (χ1) is 17.3. The number of fused-ring (bicyclic) bond motifs is 1. The van der Waals surface area contributed by atoms with Gasteiger partial charge in [-0.15, -0.1) is 0 Å². The average molecular weight is 485 g/mol. The van der Waals surface area contributed by atoms with Gasteiger partial charge >= 0.3 is 0 Å². The van der Waals surface area contributed by atoms with Gasteiger partial charge in [0.25, 0.3) is 0 Å². The van der Waals surface area contributed by atoms with E-state index in [4.69, 9.17) is 9.97 Å². The van der Waals surface area contributed by atoms with Gasteiger partial charge in [-0.05, 0) is 100.0 Å². The van der Waals surface area contributed by atoms with Crippen LogP contribution in [-0.2, 0) is 16.6 Å². The number of carbonyl (C=O) groups is 1. The SMILES string of the molecule is Cc1cc(C)nc(N2C[C@H]3CC45CCC2C3C42CCN(C(=O)C3(C)CC3)C5Cc3ccc(O)cc32)n1. The number of phenols is 1. The Labute approximate surface area is 213 Å². The molecule has 1 aromatic heterocycles. The van der Waals surface area contributed by atoms with E-state index in [0.717, 1.165) is 69.0 Å². The summed E-state index contributed by atoms with van der Waals surface area (Å²) in [5, 5.41) is 10.7. The fourth-order valence-electron chi connectivity index (χ4n) is 10.1. The molecule has 4 aliphatic carbocycles. The molecule has 1 N–H and O–H groups in total. The number of aryl methyl sites for hydroxylation is 2. The van der Waals surface area contributed by atoms with Gasteiger partial charge in [0.05, 0.1) is 0 Å². The highest BCUT2D eigenvalue weighted by Crippen LogP contribution is 2.75. The summed E-state index contributed by atoms with van der Waals surface area (Å²) < 4.78 is 0. The molecule has 5 unspecified atom stereocenters. The normalized spacial score (nSPS) is 38.5. The highest BCUT2D eigenvalue weighted by molar-refractivity contribution is 5.85. The van der Waals surface area contributed by atoms with Gasteiger partial charge in [0, 0.05) is 52.8 Å². The first kappa shape index (κ1) is 21.5. The lowest BCUT2D eigenvalue weighted by molar-refractivity contribution is -0.155. The molecule has 1 amide bonds. The largest absolute Gasteiger partial charge is 0.508 e. The number of phenolic OH excluding ortho intramolecular Hbond substituents is 1. The molecular weight excluding hydrogens is 448 g/mol. The smallest absolute Gasteiger partial charge is 0.228 e. The third-order valence-corrected chi connectivity index (χ3v) is 11.5. The predicted octanol–water partition coefficient (Wildman–Crippen LogP) is 4.30. The van der Waals surface area contributed by atoms with Crippen LogP contribution in [0, 0.1) is 36.5 Å². The molecule has 6 aliphatic rings. The maximum absolute atomic E-state index is 13.8. The molecule has 6 nitrogen and oxygen atoms in total. The van der Waals surface area contributed by atoms with Crippen molar-refractivity contribution in [1.29, 1.82) is 0 Å². The number of amides is 1. The topological polar surface area (TPSA) is 69.6 Å². The van der Waals surface area contributed by atoms with Crippen molar-refractivity contribution >= 4 is 11.9 Å². The van der Waals surface area contributed by atoms with Gasteiger partial charge in [-0.25, -0.2) is 9.97 Å². The summed E-state index contributed by atoms with van der Waals surface area (Å²) >= 11 is 0. The quantitative estimate of drug-likeness (QED) is 0.688. The van der Waals surface area contributed by atoms with Gasteiger partial charge in [-0.1, -0.05) is 13.0 Å². The van der Waals surface area contributed by atoms with Crippen molar-refractivity contribution < 1.29 is 9.90 Å². The van der Waals surface area contributed by atoms with Gasteiger partial charge in [0.15, 0.2) is 0 Å². The van der Waals surface area contributed by atoms with Crippen LogP contribution in [0.25, 0.3) is 0 Å². The van der Waals surface area contributed by atoms with E-state index in [0.29, 0.717) is 29.5 Å². The fourth-order valence-corrected chi connectivity index (χ4v) is 10.1. The zero-order chi connectivity index (χ0) is 24.6. The molecule has 1 aromatic carbocycles. The molecule has 8 rings (SSSR count). The van der Waals surface area contributed by atoms with Crippen molar-refractivity contribution in [3.8, 4) is 5.75 Å². The summed E-state index contributed by atoms with van der Waals surface area (Å²) in [7, 11) is 0. The van der Waals surface area contributed by atoms with Gasteiger partial charge in [-0.2, -0.15) is 0 Å². The van der Waals surface area contributed by atoms with Crippen LogP contribution in [0.2, 0.25) is 0 Å². The lowest BCUT2D eigenvalue weighted by Crippen LogP contribution is -2.70. The summed E-state index contributed by atoms with van der Waals surface area (Å²) in [6.07, 6.45) is 7.49. The molecule has 5 fully saturated rings. The van der Waals surface area contributed by atoms with E-state index in [1.54, 1.807) is 0 Å². The number of aromatic nitrogens is 2. The van der Waals surface area contributed by atoms with Crippen molar-refractivity contribution in [2.24, 2.45) is 22.7 Å². The van der Waals surface area contributed by atoms with Crippen LogP contribution in [-0.4, -0.2) is 51.1 Å². The highest BCUT2D eigenvalue weighted by Gasteiger charge is 2.77. The summed E-state index contributed by atoms with van der Waals surface area (Å²) in [6, 6.07) is 8.87. The van der Waals surface area contributed by atoms with Crippen molar-refractivity contribution in [1.82, 2.24) is 14.9 Å². The second kappa shape index (κ2) is 6.62. The number of piperidine rings is 1. The molecule has 4 bridgehead atoms. The van der Waals surface area contributed by atoms with Crippen molar-refractivity contribution in [3.05, 3.63) is 46.8 Å². The Bertz CT molecular complexity index is 1300. The Morgan fingerprint density at radius 3 is 2.61 bits per heavy atom. The Balaban J connectivity index is 1.28. The van der Waals surface area contributed by atoms with E-state index in [-0.39, 0.29) is 22.3 Å². The zero-order valence-corrected chi connectivity index (χ0v) is 21.6. The summed E-state index contributed by atoms with van der Waals surface area (Å²) in [6.45, 7) is 8.17. The maximum atomic E-state index is 13.8. The molecule has 0 spiro atoms. The molecule has 188 valence electrons. The summed E-state index contributed by atoms with van der Waals surface area (Å²) in [5.74, 6) is 2.78. The van der Waals surface area contributed by atoms with Gasteiger partial charge in [-0.3, -0.25) is 4.79 Å². The van der Waals surface area contributed by atoms with Gasteiger partial charge in [0.2, 0.25) is 11.9 Å². The van der Waals surface area contributed by atoms with E-state index < -0.39 is 0 Å². The van der Waals surface area contributed by atoms with Gasteiger partial charge < -0.3 is 14.9 Å². The number of hydrogen-bond acceptors (Lipinski definition) is 5. The monoisotopic (exact) mass is 484 g/mol. The number of likely N-dealkylation sites (tertiary alicyclic amines) is 1. The minimum Gasteiger partial charge on any atom is -0.508 e. The van der Waals surface area contributed by atoms with Crippen molar-refractivity contribution in [2.45, 2.75) is 83.2 Å². The van der Waals surface area contributed by atoms with Crippen LogP contribution < -0.4 is 4.90 Å². The van der Waals surface area contributed by atoms with E-state index in [9.17, 15) is 9.90 Å². The van der Waals surface area contributed by atoms with Crippen LogP contribution in [0.5, 0.6) is 5.75 Å². The second-order valence-electron chi connectivity index (χ2n) is 13.2. The standard InChI is InChI=1S/C30H36N4O2/c1-17-12-18(2)32-27(31-17)34-16-20-15-29-7-6-23(34)25(20)30(29)10-11-33(26(36)28(3)8-9-28)24(29)13-19-4-5-21(35)14-22(19)30/h4-5,12,14,20,23-25,35H,6-11,13,15-16H2,1-3H3/t20-,23?,24?,25?,29?,30?/m1/s1. The van der Waals surface area contributed by atoms with Crippen LogP contribution in [0.15, 0.2) is 24.3 Å². The Hall–Kier alpha value is -2.63. The number of hydrogen-bond donors (Lipinski definition) is 1. The van der Waals surface area contributed by atoms with Crippen molar-refractivity contribution in [2.75, 3.05) is 18.0 Å². The minimum atomic E-state index is -0.130. The number of nitrogens with zero attached hydrogens (tertiary/aromatic N) is 4. The van der Waals surface area contributed by atoms with Crippen LogP contribution in [0.1, 0.15) is 68.0 Å². The molecule has 6 atom stereocenters. The number of aromatic hydroxyl groups is 1. The van der Waals surface area contributed by atoms with Crippen LogP contribution >= 0.6 is 0 Å². The van der Waals surface area contributed by atoms with Crippen molar-refractivity contribution in [3.63, 3.8) is 0 Å². The van der Waals surface area contributed by atoms with Crippen LogP contribution in [0.3, 0.4) is 0 Å². The minimum absolute atomic E-state index is 0.0203. The maximum Gasteiger partial charge on any atom is 0.228 e. The summed E-state index contributed by atoms with van der Waals surface area (Å²) in [4.78, 5) is 28.5. The molecule has 3 heterocycles. The van der Waals surface area contributed by atoms with E-state index >= 15 is 0 Å². The predicted molar refractivity (Wildman–Crippen MR) is 137 cm³/mol. The summed E-state index contributed by atoms with van der Waals surface area (Å²) in [5.41, 5.74) is 4.82.